The molecule has 1 saturated carbocycles. The van der Waals surface area contributed by atoms with Crippen molar-refractivity contribution in [1.29, 1.82) is 0 Å². The highest BCUT2D eigenvalue weighted by molar-refractivity contribution is 5.33. The summed E-state index contributed by atoms with van der Waals surface area (Å²) in [4.78, 5) is 0. The Labute approximate surface area is 127 Å². The molecule has 1 fully saturated rings. The van der Waals surface area contributed by atoms with Crippen LogP contribution >= 0.6 is 0 Å². The summed E-state index contributed by atoms with van der Waals surface area (Å²) in [5.41, 5.74) is 1.10. The number of benzene rings is 1. The molecule has 0 unspecified atom stereocenters. The topological polar surface area (TPSA) is 47.0 Å². The molecule has 2 aromatic rings. The van der Waals surface area contributed by atoms with Gasteiger partial charge >= 0.3 is 0 Å². The molecule has 1 aliphatic rings. The van der Waals surface area contributed by atoms with Crippen LogP contribution in [0.25, 0.3) is 0 Å². The fraction of sp³-hybridized carbons (Fsp3) is 0.375. The molecule has 1 N–H and O–H groups in total. The quantitative estimate of drug-likeness (QED) is 0.891. The fourth-order valence-corrected chi connectivity index (χ4v) is 2.55. The first kappa shape index (κ1) is 14.8. The van der Waals surface area contributed by atoms with E-state index in [1.165, 1.54) is 13.2 Å². The van der Waals surface area contributed by atoms with Gasteiger partial charge in [0.1, 0.15) is 0 Å². The summed E-state index contributed by atoms with van der Waals surface area (Å²) in [6, 6.07) is 6.46. The van der Waals surface area contributed by atoms with Crippen molar-refractivity contribution in [1.82, 2.24) is 15.5 Å². The third-order valence-electron chi connectivity index (χ3n) is 3.86. The maximum Gasteiger partial charge on any atom is 0.200 e. The van der Waals surface area contributed by atoms with Crippen LogP contribution in [-0.2, 0) is 6.54 Å². The number of nitrogens with one attached hydrogen (secondary N) is 1. The monoisotopic (exact) mass is 305 g/mol. The Bertz CT molecular complexity index is 647. The van der Waals surface area contributed by atoms with Crippen molar-refractivity contribution >= 4 is 0 Å². The second-order valence-electron chi connectivity index (χ2n) is 5.40. The van der Waals surface area contributed by atoms with Gasteiger partial charge in [-0.05, 0) is 37.0 Å². The number of methoxy groups -OCH3 is 1. The highest BCUT2D eigenvalue weighted by Crippen LogP contribution is 2.42. The van der Waals surface area contributed by atoms with E-state index in [-0.39, 0.29) is 11.8 Å². The Morgan fingerprint density at radius 2 is 2.09 bits per heavy atom. The number of halogens is 2. The number of hydrogen-bond donors (Lipinski definition) is 1. The molecule has 3 rings (SSSR count). The summed E-state index contributed by atoms with van der Waals surface area (Å²) < 4.78 is 33.0. The van der Waals surface area contributed by atoms with Crippen molar-refractivity contribution in [2.75, 3.05) is 7.11 Å². The molecule has 1 aromatic carbocycles. The average Bonchev–Trinajstić information content (AvgIpc) is 3.37. The maximum absolute atomic E-state index is 14.3. The third kappa shape index (κ3) is 3.06. The molecule has 116 valence electrons. The summed E-state index contributed by atoms with van der Waals surface area (Å²) in [6.45, 7) is 0.460. The van der Waals surface area contributed by atoms with E-state index < -0.39 is 11.6 Å². The summed E-state index contributed by atoms with van der Waals surface area (Å²) in [6.07, 6.45) is 3.61. The van der Waals surface area contributed by atoms with Crippen LogP contribution in [0, 0.1) is 17.6 Å². The summed E-state index contributed by atoms with van der Waals surface area (Å²) in [5, 5.41) is 11.1. The minimum atomic E-state index is -0.938. The Balaban J connectivity index is 1.81. The van der Waals surface area contributed by atoms with Gasteiger partial charge in [-0.15, -0.1) is 0 Å². The van der Waals surface area contributed by atoms with Crippen LogP contribution in [0.4, 0.5) is 8.78 Å². The van der Waals surface area contributed by atoms with Gasteiger partial charge in [0.05, 0.1) is 12.8 Å². The van der Waals surface area contributed by atoms with E-state index in [0.717, 1.165) is 18.5 Å². The van der Waals surface area contributed by atoms with Gasteiger partial charge in [0.15, 0.2) is 11.6 Å². The van der Waals surface area contributed by atoms with E-state index in [1.54, 1.807) is 18.3 Å². The molecule has 1 aliphatic carbocycles. The Morgan fingerprint density at radius 1 is 1.27 bits per heavy atom. The van der Waals surface area contributed by atoms with Gasteiger partial charge in [-0.2, -0.15) is 14.6 Å². The van der Waals surface area contributed by atoms with Crippen molar-refractivity contribution in [2.24, 2.45) is 5.92 Å². The number of aromatic nitrogens is 2. The molecule has 0 saturated heterocycles. The standard InChI is InChI=1S/C16H17F2N3O/c1-22-13-7-6-12(14(17)15(13)18)16(10-4-5-10)19-9-11-3-2-8-20-21-11/h2-3,6-8,10,16,19H,4-5,9H2,1H3/t16-/m1/s1. The molecule has 0 bridgehead atoms. The van der Waals surface area contributed by atoms with Crippen LogP contribution in [0.15, 0.2) is 30.5 Å². The molecule has 4 nitrogen and oxygen atoms in total. The second-order valence-corrected chi connectivity index (χ2v) is 5.40. The van der Waals surface area contributed by atoms with Crippen molar-refractivity contribution in [2.45, 2.75) is 25.4 Å². The number of nitrogens with zero attached hydrogens (tertiary/aromatic N) is 2. The van der Waals surface area contributed by atoms with Crippen LogP contribution in [0.5, 0.6) is 5.75 Å². The van der Waals surface area contributed by atoms with Crippen LogP contribution in [0.1, 0.15) is 30.1 Å². The van der Waals surface area contributed by atoms with Gasteiger partial charge < -0.3 is 10.1 Å². The third-order valence-corrected chi connectivity index (χ3v) is 3.86. The predicted octanol–water partition coefficient (Wildman–Crippen LogP) is 3.00. The van der Waals surface area contributed by atoms with E-state index in [0.29, 0.717) is 18.0 Å². The number of ether oxygens (including phenoxy) is 1. The van der Waals surface area contributed by atoms with Crippen molar-refractivity contribution in [3.8, 4) is 5.75 Å². The fourth-order valence-electron chi connectivity index (χ4n) is 2.55. The van der Waals surface area contributed by atoms with Crippen molar-refractivity contribution in [3.63, 3.8) is 0 Å². The molecule has 6 heteroatoms. The second kappa shape index (κ2) is 6.36. The molecule has 0 spiro atoms. The molecule has 0 aliphatic heterocycles. The van der Waals surface area contributed by atoms with Crippen LogP contribution in [-0.4, -0.2) is 17.3 Å². The van der Waals surface area contributed by atoms with Gasteiger partial charge in [0.2, 0.25) is 5.82 Å². The van der Waals surface area contributed by atoms with Crippen molar-refractivity contribution in [3.05, 3.63) is 53.4 Å². The van der Waals surface area contributed by atoms with E-state index in [2.05, 4.69) is 15.5 Å². The van der Waals surface area contributed by atoms with E-state index in [9.17, 15) is 8.78 Å². The lowest BCUT2D eigenvalue weighted by Crippen LogP contribution is -2.24. The summed E-state index contributed by atoms with van der Waals surface area (Å²) in [5.74, 6) is -1.54. The lowest BCUT2D eigenvalue weighted by molar-refractivity contribution is 0.363. The largest absolute Gasteiger partial charge is 0.494 e. The number of hydrogen-bond acceptors (Lipinski definition) is 4. The maximum atomic E-state index is 14.3. The molecular formula is C16H17F2N3O. The predicted molar refractivity (Wildman–Crippen MR) is 77.2 cm³/mol. The lowest BCUT2D eigenvalue weighted by Gasteiger charge is -2.20. The Hall–Kier alpha value is -2.08. The highest BCUT2D eigenvalue weighted by Gasteiger charge is 2.34. The zero-order chi connectivity index (χ0) is 15.5. The molecular weight excluding hydrogens is 288 g/mol. The molecule has 1 heterocycles. The molecule has 1 aromatic heterocycles. The van der Waals surface area contributed by atoms with Gasteiger partial charge in [0, 0.05) is 24.3 Å². The van der Waals surface area contributed by atoms with Crippen LogP contribution in [0.3, 0.4) is 0 Å². The van der Waals surface area contributed by atoms with Gasteiger partial charge in [-0.3, -0.25) is 0 Å². The summed E-state index contributed by atoms with van der Waals surface area (Å²) in [7, 11) is 1.32. The zero-order valence-electron chi connectivity index (χ0n) is 12.2. The van der Waals surface area contributed by atoms with E-state index >= 15 is 0 Å². The van der Waals surface area contributed by atoms with Crippen LogP contribution in [0.2, 0.25) is 0 Å². The Morgan fingerprint density at radius 3 is 2.73 bits per heavy atom. The minimum Gasteiger partial charge on any atom is -0.494 e. The molecule has 0 amide bonds. The molecule has 0 radical (unpaired) electrons. The summed E-state index contributed by atoms with van der Waals surface area (Å²) >= 11 is 0. The van der Waals surface area contributed by atoms with Gasteiger partial charge in [0.25, 0.3) is 0 Å². The number of rotatable bonds is 6. The normalized spacial score (nSPS) is 15.6. The lowest BCUT2D eigenvalue weighted by atomic mass is 10.0. The average molecular weight is 305 g/mol. The SMILES string of the molecule is COc1ccc([C@H](NCc2cccnn2)C2CC2)c(F)c1F. The van der Waals surface area contributed by atoms with Gasteiger partial charge in [-0.1, -0.05) is 6.07 Å². The first-order valence-electron chi connectivity index (χ1n) is 7.22. The first-order chi connectivity index (χ1) is 10.7. The highest BCUT2D eigenvalue weighted by atomic mass is 19.2. The Kier molecular flexibility index (Phi) is 4.29. The van der Waals surface area contributed by atoms with Gasteiger partial charge in [-0.25, -0.2) is 4.39 Å². The van der Waals surface area contributed by atoms with Crippen molar-refractivity contribution < 1.29 is 13.5 Å². The van der Waals surface area contributed by atoms with E-state index in [4.69, 9.17) is 4.74 Å². The first-order valence-corrected chi connectivity index (χ1v) is 7.22. The van der Waals surface area contributed by atoms with Crippen LogP contribution < -0.4 is 10.1 Å². The molecule has 1 atom stereocenters. The smallest absolute Gasteiger partial charge is 0.200 e. The zero-order valence-corrected chi connectivity index (χ0v) is 12.2. The molecule has 22 heavy (non-hydrogen) atoms. The van der Waals surface area contributed by atoms with E-state index in [1.807, 2.05) is 6.07 Å². The minimum absolute atomic E-state index is 0.0790.